The number of aromatic nitrogens is 2. The lowest BCUT2D eigenvalue weighted by Crippen LogP contribution is -2.17. The molecule has 0 saturated heterocycles. The van der Waals surface area contributed by atoms with Crippen molar-refractivity contribution in [2.24, 2.45) is 0 Å². The Morgan fingerprint density at radius 3 is 2.63 bits per heavy atom. The molecule has 100 valence electrons. The average Bonchev–Trinajstić information content (AvgIpc) is 2.30. The van der Waals surface area contributed by atoms with Crippen molar-refractivity contribution in [3.8, 4) is 17.1 Å². The SMILES string of the molecule is CC(C)c1nc(-c2cc(O)cc(F)c2)[nH]c(=O)c1I. The van der Waals surface area contributed by atoms with Crippen molar-refractivity contribution in [1.82, 2.24) is 9.97 Å². The first kappa shape index (κ1) is 14.0. The number of nitrogens with zero attached hydrogens (tertiary/aromatic N) is 1. The van der Waals surface area contributed by atoms with Crippen molar-refractivity contribution in [3.05, 3.63) is 43.6 Å². The molecule has 0 bridgehead atoms. The molecule has 6 heteroatoms. The zero-order chi connectivity index (χ0) is 14.2. The number of halogens is 2. The Morgan fingerprint density at radius 1 is 1.37 bits per heavy atom. The van der Waals surface area contributed by atoms with E-state index in [2.05, 4.69) is 9.97 Å². The van der Waals surface area contributed by atoms with E-state index in [0.717, 1.165) is 6.07 Å². The van der Waals surface area contributed by atoms with Gasteiger partial charge in [0.1, 0.15) is 17.4 Å². The number of hydrogen-bond acceptors (Lipinski definition) is 3. The van der Waals surface area contributed by atoms with Gasteiger partial charge in [-0.2, -0.15) is 0 Å². The highest BCUT2D eigenvalue weighted by atomic mass is 127. The van der Waals surface area contributed by atoms with Crippen LogP contribution in [-0.4, -0.2) is 15.1 Å². The second-order valence-corrected chi connectivity index (χ2v) is 5.55. The van der Waals surface area contributed by atoms with Gasteiger partial charge in [-0.25, -0.2) is 9.37 Å². The molecule has 0 amide bonds. The Bertz CT molecular complexity index is 663. The molecule has 1 aromatic heterocycles. The van der Waals surface area contributed by atoms with Gasteiger partial charge in [0.25, 0.3) is 5.56 Å². The molecule has 2 N–H and O–H groups in total. The van der Waals surface area contributed by atoms with Crippen molar-refractivity contribution in [2.75, 3.05) is 0 Å². The molecule has 1 aromatic carbocycles. The summed E-state index contributed by atoms with van der Waals surface area (Å²) in [4.78, 5) is 18.8. The van der Waals surface area contributed by atoms with Crippen LogP contribution >= 0.6 is 22.6 Å². The summed E-state index contributed by atoms with van der Waals surface area (Å²) in [5.74, 6) is -0.455. The summed E-state index contributed by atoms with van der Waals surface area (Å²) in [7, 11) is 0. The monoisotopic (exact) mass is 374 g/mol. The van der Waals surface area contributed by atoms with Gasteiger partial charge in [0.15, 0.2) is 0 Å². The first-order valence-electron chi connectivity index (χ1n) is 5.68. The maximum Gasteiger partial charge on any atom is 0.264 e. The van der Waals surface area contributed by atoms with E-state index in [-0.39, 0.29) is 23.1 Å². The Kier molecular flexibility index (Phi) is 3.88. The number of H-pyrrole nitrogens is 1. The number of aromatic hydroxyl groups is 1. The lowest BCUT2D eigenvalue weighted by molar-refractivity contribution is 0.469. The maximum absolute atomic E-state index is 13.3. The third-order valence-electron chi connectivity index (χ3n) is 2.59. The van der Waals surface area contributed by atoms with Gasteiger partial charge in [-0.1, -0.05) is 13.8 Å². The molecule has 1 heterocycles. The Morgan fingerprint density at radius 2 is 2.05 bits per heavy atom. The molecule has 19 heavy (non-hydrogen) atoms. The lowest BCUT2D eigenvalue weighted by Gasteiger charge is -2.09. The molecule has 2 aromatic rings. The molecular formula is C13H12FIN2O2. The summed E-state index contributed by atoms with van der Waals surface area (Å²) in [5, 5.41) is 9.40. The van der Waals surface area contributed by atoms with Crippen molar-refractivity contribution in [1.29, 1.82) is 0 Å². The van der Waals surface area contributed by atoms with Crippen LogP contribution in [0.3, 0.4) is 0 Å². The second kappa shape index (κ2) is 5.28. The minimum Gasteiger partial charge on any atom is -0.508 e. The van der Waals surface area contributed by atoms with Crippen LogP contribution in [0.4, 0.5) is 4.39 Å². The van der Waals surface area contributed by atoms with Gasteiger partial charge >= 0.3 is 0 Å². The molecule has 0 aliphatic carbocycles. The van der Waals surface area contributed by atoms with E-state index in [4.69, 9.17) is 0 Å². The third kappa shape index (κ3) is 2.94. The van der Waals surface area contributed by atoms with E-state index in [1.807, 2.05) is 36.4 Å². The average molecular weight is 374 g/mol. The minimum absolute atomic E-state index is 0.0788. The van der Waals surface area contributed by atoms with Crippen LogP contribution in [0.1, 0.15) is 25.5 Å². The van der Waals surface area contributed by atoms with Gasteiger partial charge in [0.2, 0.25) is 0 Å². The number of benzene rings is 1. The van der Waals surface area contributed by atoms with E-state index in [1.165, 1.54) is 12.1 Å². The number of phenols is 1. The van der Waals surface area contributed by atoms with E-state index in [0.29, 0.717) is 14.8 Å². The second-order valence-electron chi connectivity index (χ2n) is 4.47. The minimum atomic E-state index is -0.581. The van der Waals surface area contributed by atoms with Crippen molar-refractivity contribution in [2.45, 2.75) is 19.8 Å². The summed E-state index contributed by atoms with van der Waals surface area (Å²) in [5.41, 5.74) is 0.731. The standard InChI is InChI=1S/C13H12FIN2O2/c1-6(2)11-10(15)13(19)17-12(16-11)7-3-8(14)5-9(18)4-7/h3-6,18H,1-2H3,(H,16,17,19). The van der Waals surface area contributed by atoms with Gasteiger partial charge in [-0.05, 0) is 40.6 Å². The predicted octanol–water partition coefficient (Wildman–Crippen LogP) is 3.01. The fourth-order valence-corrected chi connectivity index (χ4v) is 2.58. The Labute approximate surface area is 122 Å². The molecule has 0 radical (unpaired) electrons. The predicted molar refractivity (Wildman–Crippen MR) is 78.7 cm³/mol. The number of rotatable bonds is 2. The van der Waals surface area contributed by atoms with Crippen LogP contribution in [0.2, 0.25) is 0 Å². The van der Waals surface area contributed by atoms with Crippen molar-refractivity contribution < 1.29 is 9.50 Å². The van der Waals surface area contributed by atoms with E-state index in [9.17, 15) is 14.3 Å². The largest absolute Gasteiger partial charge is 0.508 e. The molecule has 0 unspecified atom stereocenters. The van der Waals surface area contributed by atoms with E-state index in [1.54, 1.807) is 0 Å². The molecule has 0 spiro atoms. The van der Waals surface area contributed by atoms with Crippen LogP contribution in [0.25, 0.3) is 11.4 Å². The van der Waals surface area contributed by atoms with Crippen LogP contribution in [0.5, 0.6) is 5.75 Å². The first-order valence-corrected chi connectivity index (χ1v) is 6.76. The summed E-state index contributed by atoms with van der Waals surface area (Å²) < 4.78 is 13.8. The molecule has 2 rings (SSSR count). The molecule has 0 saturated carbocycles. The maximum atomic E-state index is 13.3. The van der Waals surface area contributed by atoms with Gasteiger partial charge in [0, 0.05) is 11.6 Å². The van der Waals surface area contributed by atoms with Gasteiger partial charge in [-0.15, -0.1) is 0 Å². The third-order valence-corrected chi connectivity index (χ3v) is 3.63. The van der Waals surface area contributed by atoms with E-state index >= 15 is 0 Å². The van der Waals surface area contributed by atoms with Gasteiger partial charge in [-0.3, -0.25) is 4.79 Å². The highest BCUT2D eigenvalue weighted by Crippen LogP contribution is 2.24. The summed E-state index contributed by atoms with van der Waals surface area (Å²) >= 11 is 1.94. The topological polar surface area (TPSA) is 66.0 Å². The molecular weight excluding hydrogens is 362 g/mol. The zero-order valence-electron chi connectivity index (χ0n) is 10.4. The van der Waals surface area contributed by atoms with Gasteiger partial charge < -0.3 is 10.1 Å². The quantitative estimate of drug-likeness (QED) is 0.795. The highest BCUT2D eigenvalue weighted by Gasteiger charge is 2.14. The lowest BCUT2D eigenvalue weighted by atomic mass is 10.1. The molecule has 0 atom stereocenters. The van der Waals surface area contributed by atoms with Crippen molar-refractivity contribution in [3.63, 3.8) is 0 Å². The van der Waals surface area contributed by atoms with Crippen LogP contribution in [-0.2, 0) is 0 Å². The van der Waals surface area contributed by atoms with E-state index < -0.39 is 5.82 Å². The fraction of sp³-hybridized carbons (Fsp3) is 0.231. The van der Waals surface area contributed by atoms with Crippen LogP contribution in [0, 0.1) is 9.39 Å². The molecule has 4 nitrogen and oxygen atoms in total. The number of hydrogen-bond donors (Lipinski definition) is 2. The number of nitrogens with one attached hydrogen (secondary N) is 1. The fourth-order valence-electron chi connectivity index (χ4n) is 1.71. The highest BCUT2D eigenvalue weighted by molar-refractivity contribution is 14.1. The Balaban J connectivity index is 2.66. The summed E-state index contributed by atoms with van der Waals surface area (Å²) in [6, 6.07) is 3.57. The van der Waals surface area contributed by atoms with Crippen LogP contribution in [0.15, 0.2) is 23.0 Å². The number of phenolic OH excluding ortho intramolecular Hbond substituents is 1. The smallest absolute Gasteiger partial charge is 0.264 e. The number of aromatic amines is 1. The zero-order valence-corrected chi connectivity index (χ0v) is 12.5. The van der Waals surface area contributed by atoms with Crippen LogP contribution < -0.4 is 5.56 Å². The van der Waals surface area contributed by atoms with Gasteiger partial charge in [0.05, 0.1) is 9.26 Å². The normalized spacial score (nSPS) is 11.0. The van der Waals surface area contributed by atoms with Crippen molar-refractivity contribution >= 4 is 22.6 Å². The summed E-state index contributed by atoms with van der Waals surface area (Å²) in [6.07, 6.45) is 0. The molecule has 0 fully saturated rings. The molecule has 0 aliphatic heterocycles. The Hall–Kier alpha value is -1.44. The molecule has 0 aliphatic rings. The summed E-state index contributed by atoms with van der Waals surface area (Å²) in [6.45, 7) is 3.85. The first-order chi connectivity index (χ1) is 8.88.